The average Bonchev–Trinajstić information content (AvgIpc) is 1.85. The molecule has 0 rings (SSSR count). The molecular formula is C7H13NO3S. The highest BCUT2D eigenvalue weighted by Gasteiger charge is 2.22. The van der Waals surface area contributed by atoms with Crippen LogP contribution >= 0.6 is 0 Å². The molecule has 0 aromatic rings. The molecule has 70 valence electrons. The monoisotopic (exact) mass is 191 g/mol. The Kier molecular flexibility index (Phi) is 3.45. The molecule has 0 atom stereocenters. The van der Waals surface area contributed by atoms with E-state index in [1.165, 1.54) is 0 Å². The summed E-state index contributed by atoms with van der Waals surface area (Å²) >= 11 is 0. The van der Waals surface area contributed by atoms with Crippen molar-refractivity contribution in [3.05, 3.63) is 12.8 Å². The predicted octanol–water partition coefficient (Wildman–Crippen LogP) is 0.574. The Hall–Kier alpha value is -0.840. The smallest absolute Gasteiger partial charge is 0.242 e. The molecule has 5 heteroatoms. The van der Waals surface area contributed by atoms with Crippen LogP contribution in [0.4, 0.5) is 0 Å². The number of carbonyl (C=O) groups is 1. The zero-order valence-corrected chi connectivity index (χ0v) is 8.26. The Morgan fingerprint density at radius 2 is 1.92 bits per heavy atom. The van der Waals surface area contributed by atoms with Crippen LogP contribution < -0.4 is 0 Å². The van der Waals surface area contributed by atoms with Gasteiger partial charge in [-0.25, -0.2) is 12.7 Å². The first-order chi connectivity index (χ1) is 5.30. The van der Waals surface area contributed by atoms with Crippen molar-refractivity contribution in [3.8, 4) is 0 Å². The van der Waals surface area contributed by atoms with E-state index in [2.05, 4.69) is 6.58 Å². The van der Waals surface area contributed by atoms with E-state index >= 15 is 0 Å². The molecule has 0 aromatic heterocycles. The summed E-state index contributed by atoms with van der Waals surface area (Å²) in [5, 5.41) is 0. The summed E-state index contributed by atoms with van der Waals surface area (Å²) in [6.07, 6.45) is 1.98. The lowest BCUT2D eigenvalue weighted by Crippen LogP contribution is -2.34. The van der Waals surface area contributed by atoms with E-state index in [0.29, 0.717) is 4.31 Å². The van der Waals surface area contributed by atoms with Crippen molar-refractivity contribution < 1.29 is 13.2 Å². The van der Waals surface area contributed by atoms with E-state index in [1.54, 1.807) is 13.8 Å². The minimum Gasteiger partial charge on any atom is -0.273 e. The number of rotatable bonds is 3. The lowest BCUT2D eigenvalue weighted by Gasteiger charge is -2.16. The third kappa shape index (κ3) is 2.65. The van der Waals surface area contributed by atoms with Gasteiger partial charge in [-0.2, -0.15) is 0 Å². The quantitative estimate of drug-likeness (QED) is 0.655. The van der Waals surface area contributed by atoms with Crippen LogP contribution in [-0.4, -0.2) is 24.9 Å². The van der Waals surface area contributed by atoms with Gasteiger partial charge in [0.05, 0.1) is 6.26 Å². The number of hydrogen-bond acceptors (Lipinski definition) is 3. The maximum absolute atomic E-state index is 11.2. The summed E-state index contributed by atoms with van der Waals surface area (Å²) in [5.74, 6) is -0.815. The van der Waals surface area contributed by atoms with Crippen LogP contribution in [0, 0.1) is 5.92 Å². The Balaban J connectivity index is 4.83. The number of amides is 1. The molecular weight excluding hydrogens is 178 g/mol. The van der Waals surface area contributed by atoms with Gasteiger partial charge in [0.1, 0.15) is 0 Å². The van der Waals surface area contributed by atoms with Crippen LogP contribution in [0.1, 0.15) is 13.8 Å². The summed E-state index contributed by atoms with van der Waals surface area (Å²) in [6, 6.07) is 0. The van der Waals surface area contributed by atoms with E-state index in [4.69, 9.17) is 0 Å². The van der Waals surface area contributed by atoms with E-state index < -0.39 is 15.9 Å². The molecule has 0 spiro atoms. The lowest BCUT2D eigenvalue weighted by molar-refractivity contribution is -0.127. The van der Waals surface area contributed by atoms with Crippen molar-refractivity contribution in [1.29, 1.82) is 0 Å². The first-order valence-electron chi connectivity index (χ1n) is 3.46. The van der Waals surface area contributed by atoms with Gasteiger partial charge in [-0.1, -0.05) is 20.4 Å². The third-order valence-corrected chi connectivity index (χ3v) is 2.28. The fraction of sp³-hybridized carbons (Fsp3) is 0.571. The fourth-order valence-electron chi connectivity index (χ4n) is 0.643. The molecule has 0 radical (unpaired) electrons. The molecule has 0 unspecified atom stereocenters. The van der Waals surface area contributed by atoms with Crippen LogP contribution in [0.3, 0.4) is 0 Å². The molecule has 0 aliphatic carbocycles. The van der Waals surface area contributed by atoms with Crippen molar-refractivity contribution in [2.24, 2.45) is 5.92 Å². The molecule has 0 bridgehead atoms. The minimum absolute atomic E-state index is 0.349. The number of hydrogen-bond donors (Lipinski definition) is 0. The van der Waals surface area contributed by atoms with Crippen LogP contribution in [0.15, 0.2) is 12.8 Å². The summed E-state index contributed by atoms with van der Waals surface area (Å²) < 4.78 is 22.5. The molecule has 4 nitrogen and oxygen atoms in total. The van der Waals surface area contributed by atoms with E-state index in [1.807, 2.05) is 0 Å². The Bertz CT molecular complexity index is 279. The highest BCUT2D eigenvalue weighted by atomic mass is 32.2. The molecule has 0 heterocycles. The predicted molar refractivity (Wildman–Crippen MR) is 46.7 cm³/mol. The van der Waals surface area contributed by atoms with Crippen LogP contribution in [-0.2, 0) is 14.8 Å². The third-order valence-electron chi connectivity index (χ3n) is 1.23. The van der Waals surface area contributed by atoms with E-state index in [0.717, 1.165) is 12.5 Å². The molecule has 1 amide bonds. The average molecular weight is 191 g/mol. The fourth-order valence-corrected chi connectivity index (χ4v) is 1.45. The standard InChI is InChI=1S/C7H13NO3S/c1-5-8(12(4,10)11)7(9)6(2)3/h5-6H,1H2,2-4H3. The van der Waals surface area contributed by atoms with Crippen LogP contribution in [0.2, 0.25) is 0 Å². The van der Waals surface area contributed by atoms with Gasteiger partial charge >= 0.3 is 0 Å². The van der Waals surface area contributed by atoms with Crippen molar-refractivity contribution in [2.45, 2.75) is 13.8 Å². The van der Waals surface area contributed by atoms with Crippen LogP contribution in [0.25, 0.3) is 0 Å². The molecule has 0 fully saturated rings. The highest BCUT2D eigenvalue weighted by molar-refractivity contribution is 7.89. The molecule has 0 saturated heterocycles. The van der Waals surface area contributed by atoms with Crippen molar-refractivity contribution in [1.82, 2.24) is 4.31 Å². The van der Waals surface area contributed by atoms with Crippen molar-refractivity contribution >= 4 is 15.9 Å². The minimum atomic E-state index is -3.49. The summed E-state index contributed by atoms with van der Waals surface area (Å²) in [6.45, 7) is 6.51. The Labute approximate surface area is 72.9 Å². The molecule has 0 aliphatic rings. The largest absolute Gasteiger partial charge is 0.273 e. The molecule has 0 aliphatic heterocycles. The molecule has 12 heavy (non-hydrogen) atoms. The van der Waals surface area contributed by atoms with Gasteiger partial charge in [0.2, 0.25) is 15.9 Å². The van der Waals surface area contributed by atoms with Gasteiger partial charge in [0.25, 0.3) is 0 Å². The van der Waals surface area contributed by atoms with Gasteiger partial charge in [-0.15, -0.1) is 0 Å². The normalized spacial score (nSPS) is 11.3. The molecule has 0 saturated carbocycles. The summed E-state index contributed by atoms with van der Waals surface area (Å²) in [5.41, 5.74) is 0. The number of sulfonamides is 1. The first kappa shape index (κ1) is 11.2. The summed E-state index contributed by atoms with van der Waals surface area (Å²) in [4.78, 5) is 11.2. The number of carbonyl (C=O) groups excluding carboxylic acids is 1. The molecule has 0 N–H and O–H groups in total. The SMILES string of the molecule is C=CN(C(=O)C(C)C)S(C)(=O)=O. The van der Waals surface area contributed by atoms with Gasteiger partial charge in [-0.3, -0.25) is 4.79 Å². The van der Waals surface area contributed by atoms with E-state index in [9.17, 15) is 13.2 Å². The zero-order valence-electron chi connectivity index (χ0n) is 7.44. The van der Waals surface area contributed by atoms with Gasteiger partial charge in [-0.05, 0) is 0 Å². The second-order valence-electron chi connectivity index (χ2n) is 2.73. The maximum atomic E-state index is 11.2. The topological polar surface area (TPSA) is 54.5 Å². The van der Waals surface area contributed by atoms with Gasteiger partial charge in [0.15, 0.2) is 0 Å². The lowest BCUT2D eigenvalue weighted by atomic mass is 10.2. The Morgan fingerprint density at radius 1 is 1.50 bits per heavy atom. The van der Waals surface area contributed by atoms with E-state index in [-0.39, 0.29) is 5.92 Å². The van der Waals surface area contributed by atoms with Gasteiger partial charge < -0.3 is 0 Å². The highest BCUT2D eigenvalue weighted by Crippen LogP contribution is 2.05. The van der Waals surface area contributed by atoms with Crippen LogP contribution in [0.5, 0.6) is 0 Å². The summed E-state index contributed by atoms with van der Waals surface area (Å²) in [7, 11) is -3.49. The van der Waals surface area contributed by atoms with Crippen molar-refractivity contribution in [3.63, 3.8) is 0 Å². The zero-order chi connectivity index (χ0) is 9.94. The maximum Gasteiger partial charge on any atom is 0.242 e. The molecule has 0 aromatic carbocycles. The Morgan fingerprint density at radius 3 is 2.00 bits per heavy atom. The second kappa shape index (κ2) is 3.71. The van der Waals surface area contributed by atoms with Crippen molar-refractivity contribution in [2.75, 3.05) is 6.26 Å². The first-order valence-corrected chi connectivity index (χ1v) is 5.31. The number of nitrogens with zero attached hydrogens (tertiary/aromatic N) is 1. The second-order valence-corrected chi connectivity index (χ2v) is 4.59. The van der Waals surface area contributed by atoms with Gasteiger partial charge in [0, 0.05) is 12.1 Å².